The number of carboxylic acids is 1. The van der Waals surface area contributed by atoms with Gasteiger partial charge in [-0.25, -0.2) is 14.3 Å². The van der Waals surface area contributed by atoms with E-state index in [0.29, 0.717) is 28.1 Å². The Morgan fingerprint density at radius 3 is 2.14 bits per heavy atom. The highest BCUT2D eigenvalue weighted by molar-refractivity contribution is 5.95. The lowest BCUT2D eigenvalue weighted by Gasteiger charge is -2.49. The number of aromatic nitrogens is 3. The van der Waals surface area contributed by atoms with E-state index in [2.05, 4.69) is 26.3 Å². The second-order valence-electron chi connectivity index (χ2n) is 21.0. The Hall–Kier alpha value is -6.98. The van der Waals surface area contributed by atoms with Gasteiger partial charge in [0, 0.05) is 63.9 Å². The first kappa shape index (κ1) is 58.3. The number of hydrogen-bond acceptors (Lipinski definition) is 18. The smallest absolute Gasteiger partial charge is 0.412 e. The maximum atomic E-state index is 14.3. The number of carbonyl (C=O) groups is 8. The van der Waals surface area contributed by atoms with Crippen LogP contribution in [-0.2, 0) is 68.5 Å². The van der Waals surface area contributed by atoms with Crippen molar-refractivity contribution in [1.29, 1.82) is 0 Å². The minimum Gasteiger partial charge on any atom is -0.479 e. The van der Waals surface area contributed by atoms with Crippen LogP contribution in [0.15, 0.2) is 42.6 Å². The van der Waals surface area contributed by atoms with E-state index >= 15 is 0 Å². The Morgan fingerprint density at radius 1 is 0.868 bits per heavy atom. The summed E-state index contributed by atoms with van der Waals surface area (Å²) in [6.07, 6.45) is -4.35. The molecule has 23 heteroatoms. The van der Waals surface area contributed by atoms with Gasteiger partial charge >= 0.3 is 35.9 Å². The molecule has 2 aliphatic heterocycles. The monoisotopic (exact) mass is 1060 g/mol. The van der Waals surface area contributed by atoms with Crippen molar-refractivity contribution in [2.24, 2.45) is 0 Å². The lowest BCUT2D eigenvalue weighted by molar-refractivity contribution is -0.245. The molecule has 3 aromatic rings. The zero-order chi connectivity index (χ0) is 55.9. The molecule has 0 spiro atoms. The molecule has 3 amide bonds. The van der Waals surface area contributed by atoms with Crippen molar-refractivity contribution < 1.29 is 81.4 Å². The Bertz CT molecular complexity index is 2630. The van der Waals surface area contributed by atoms with Crippen molar-refractivity contribution in [2.75, 3.05) is 11.9 Å². The maximum absolute atomic E-state index is 14.3. The minimum absolute atomic E-state index is 0.109. The quantitative estimate of drug-likeness (QED) is 0.0663. The molecule has 0 radical (unpaired) electrons. The van der Waals surface area contributed by atoms with Gasteiger partial charge in [-0.05, 0) is 102 Å². The van der Waals surface area contributed by atoms with Gasteiger partial charge in [-0.3, -0.25) is 34.1 Å². The van der Waals surface area contributed by atoms with Crippen molar-refractivity contribution in [3.63, 3.8) is 0 Å². The topological polar surface area (TPSA) is 297 Å². The molecular weight excluding hydrogens is 993 g/mol. The van der Waals surface area contributed by atoms with Gasteiger partial charge in [0.25, 0.3) is 5.91 Å². The Kier molecular flexibility index (Phi) is 18.7. The number of anilines is 1. The maximum Gasteiger partial charge on any atom is 0.412 e. The number of carbonyl (C=O) groups excluding carboxylic acids is 7. The number of amides is 3. The standard InChI is InChI=1S/C53H70N6O17/c1-28-20-36(21-29(2)44(28)71-32(5)62)48(65)54-25-41(70-31(4)61)46(72-33(6)63)47-43(56-42(64)27-59-26-38(57-58-59)34-16-13-12-14-17-34)39(69-30(3)60)23-53(75-47,49(66)67)24-40-45(74-52(10,11)73-40)35-18-15-19-37(22-35)55-50(68)76-51(7,8)9/h15,18-22,26,34,39-41,43,45-47H,12-14,16-17,23-25,27H2,1-11H3,(H,54,65)(H,55,68)(H,56,64)(H,66,67)/t39-,40-,41+,43+,45-,46+,47+,53-/m0/s1. The summed E-state index contributed by atoms with van der Waals surface area (Å²) in [6, 6.07) is 7.95. The fourth-order valence-electron chi connectivity index (χ4n) is 10.0. The van der Waals surface area contributed by atoms with E-state index in [1.165, 1.54) is 23.7 Å². The number of rotatable bonds is 18. The molecule has 23 nitrogen and oxygen atoms in total. The van der Waals surface area contributed by atoms with E-state index in [9.17, 15) is 43.5 Å². The molecule has 1 aliphatic carbocycles. The van der Waals surface area contributed by atoms with Gasteiger partial charge in [0.05, 0.1) is 24.4 Å². The molecule has 4 N–H and O–H groups in total. The number of esters is 4. The molecule has 8 atom stereocenters. The lowest BCUT2D eigenvalue weighted by atomic mass is 9.79. The van der Waals surface area contributed by atoms with Gasteiger partial charge in [0.15, 0.2) is 23.6 Å². The molecule has 1 saturated carbocycles. The molecule has 414 valence electrons. The van der Waals surface area contributed by atoms with Gasteiger partial charge in [-0.1, -0.05) is 36.6 Å². The summed E-state index contributed by atoms with van der Waals surface area (Å²) in [6.45, 7) is 15.1. The lowest BCUT2D eigenvalue weighted by Crippen LogP contribution is -2.69. The molecule has 3 heterocycles. The van der Waals surface area contributed by atoms with Gasteiger partial charge < -0.3 is 53.6 Å². The van der Waals surface area contributed by atoms with Crippen molar-refractivity contribution in [3.8, 4) is 5.75 Å². The van der Waals surface area contributed by atoms with Crippen LogP contribution in [-0.4, -0.2) is 128 Å². The molecule has 0 unspecified atom stereocenters. The van der Waals surface area contributed by atoms with Crippen LogP contribution in [0.2, 0.25) is 0 Å². The molecule has 76 heavy (non-hydrogen) atoms. The number of hydrogen-bond donors (Lipinski definition) is 4. The first-order valence-corrected chi connectivity index (χ1v) is 25.3. The number of aliphatic carboxylic acids is 1. The molecular formula is C53H70N6O17. The largest absolute Gasteiger partial charge is 0.479 e. The first-order chi connectivity index (χ1) is 35.6. The summed E-state index contributed by atoms with van der Waals surface area (Å²) in [5, 5.41) is 28.2. The van der Waals surface area contributed by atoms with Crippen molar-refractivity contribution in [1.82, 2.24) is 25.6 Å². The van der Waals surface area contributed by atoms with E-state index in [1.807, 2.05) is 0 Å². The fraction of sp³-hybridized carbons (Fsp3) is 0.585. The number of carboxylic acid groups (broad SMARTS) is 1. The highest BCUT2D eigenvalue weighted by atomic mass is 16.8. The number of nitrogens with zero attached hydrogens (tertiary/aromatic N) is 3. The second-order valence-corrected chi connectivity index (χ2v) is 21.0. The summed E-state index contributed by atoms with van der Waals surface area (Å²) in [5.74, 6) is -7.29. The highest BCUT2D eigenvalue weighted by Crippen LogP contribution is 2.46. The Morgan fingerprint density at radius 2 is 1.54 bits per heavy atom. The van der Waals surface area contributed by atoms with E-state index in [0.717, 1.165) is 52.9 Å². The van der Waals surface area contributed by atoms with Crippen LogP contribution in [0.3, 0.4) is 0 Å². The van der Waals surface area contributed by atoms with E-state index in [4.69, 9.17) is 37.9 Å². The number of aryl methyl sites for hydroxylation is 2. The van der Waals surface area contributed by atoms with Gasteiger partial charge in [0.1, 0.15) is 36.2 Å². The van der Waals surface area contributed by atoms with E-state index in [1.54, 1.807) is 78.9 Å². The molecule has 1 aromatic heterocycles. The molecule has 0 bridgehead atoms. The highest BCUT2D eigenvalue weighted by Gasteiger charge is 2.60. The average molecular weight is 1060 g/mol. The van der Waals surface area contributed by atoms with E-state index in [-0.39, 0.29) is 17.2 Å². The molecule has 2 saturated heterocycles. The second kappa shape index (κ2) is 24.3. The van der Waals surface area contributed by atoms with Crippen LogP contribution in [0.5, 0.6) is 5.75 Å². The number of nitrogens with one attached hydrogen (secondary N) is 3. The molecule has 3 fully saturated rings. The fourth-order valence-corrected chi connectivity index (χ4v) is 10.0. The number of ether oxygens (including phenoxy) is 8. The summed E-state index contributed by atoms with van der Waals surface area (Å²) >= 11 is 0. The van der Waals surface area contributed by atoms with Crippen LogP contribution < -0.4 is 20.7 Å². The van der Waals surface area contributed by atoms with Crippen LogP contribution >= 0.6 is 0 Å². The summed E-state index contributed by atoms with van der Waals surface area (Å²) < 4.78 is 49.3. The third-order valence-corrected chi connectivity index (χ3v) is 12.9. The molecule has 2 aromatic carbocycles. The number of benzene rings is 2. The average Bonchev–Trinajstić information content (AvgIpc) is 3.90. The van der Waals surface area contributed by atoms with E-state index < -0.39 is 133 Å². The van der Waals surface area contributed by atoms with Crippen molar-refractivity contribution >= 4 is 53.4 Å². The summed E-state index contributed by atoms with van der Waals surface area (Å²) in [5.41, 5.74) is -0.735. The first-order valence-electron chi connectivity index (χ1n) is 25.3. The minimum atomic E-state index is -2.44. The van der Waals surface area contributed by atoms with Gasteiger partial charge in [0.2, 0.25) is 5.91 Å². The molecule has 6 rings (SSSR count). The Labute approximate surface area is 440 Å². The zero-order valence-electron chi connectivity index (χ0n) is 44.8. The van der Waals surface area contributed by atoms with Crippen molar-refractivity contribution in [3.05, 3.63) is 70.5 Å². The van der Waals surface area contributed by atoms with Crippen LogP contribution in [0.25, 0.3) is 0 Å². The third-order valence-electron chi connectivity index (χ3n) is 12.9. The van der Waals surface area contributed by atoms with Crippen LogP contribution in [0, 0.1) is 13.8 Å². The zero-order valence-corrected chi connectivity index (χ0v) is 44.8. The Balaban J connectivity index is 1.42. The van der Waals surface area contributed by atoms with Crippen molar-refractivity contribution in [2.45, 2.75) is 193 Å². The SMILES string of the molecule is CC(=O)Oc1c(C)cc(C(=O)NC[C@@H](OC(C)=O)[C@@H](OC(C)=O)[C@@H]2O[C@@](C[C@@H]3OC(C)(C)O[C@H]3c3cccc(NC(=O)OC(C)(C)C)c3)(C(=O)O)C[C@H](OC(C)=O)[C@H]2NC(=O)Cn2cc(C3CCCCC3)nn2)cc1C. The van der Waals surface area contributed by atoms with Gasteiger partial charge in [-0.2, -0.15) is 0 Å². The predicted octanol–water partition coefficient (Wildman–Crippen LogP) is 5.82. The van der Waals surface area contributed by atoms with Crippen LogP contribution in [0.4, 0.5) is 10.5 Å². The summed E-state index contributed by atoms with van der Waals surface area (Å²) in [7, 11) is 0. The van der Waals surface area contributed by atoms with Gasteiger partial charge in [-0.15, -0.1) is 5.10 Å². The molecule has 3 aliphatic rings. The third kappa shape index (κ3) is 15.6. The normalized spacial score (nSPS) is 23.2. The van der Waals surface area contributed by atoms with Crippen LogP contribution in [0.1, 0.15) is 152 Å². The predicted molar refractivity (Wildman–Crippen MR) is 268 cm³/mol. The summed E-state index contributed by atoms with van der Waals surface area (Å²) in [4.78, 5) is 106.